The molecular formula is C17H27ClN2. The van der Waals surface area contributed by atoms with E-state index in [1.807, 2.05) is 0 Å². The van der Waals surface area contributed by atoms with Crippen molar-refractivity contribution in [2.75, 3.05) is 18.0 Å². The molecule has 0 aromatic heterocycles. The quantitative estimate of drug-likeness (QED) is 0.892. The van der Waals surface area contributed by atoms with E-state index in [0.717, 1.165) is 31.0 Å². The highest BCUT2D eigenvalue weighted by atomic mass is 35.5. The Morgan fingerprint density at radius 2 is 1.80 bits per heavy atom. The molecule has 0 saturated carbocycles. The molecule has 0 amide bonds. The molecule has 1 aromatic rings. The van der Waals surface area contributed by atoms with Crippen molar-refractivity contribution in [1.82, 2.24) is 0 Å². The van der Waals surface area contributed by atoms with E-state index in [-0.39, 0.29) is 6.04 Å². The highest BCUT2D eigenvalue weighted by Crippen LogP contribution is 2.26. The Labute approximate surface area is 128 Å². The van der Waals surface area contributed by atoms with E-state index < -0.39 is 0 Å². The molecule has 0 spiro atoms. The molecule has 3 heteroatoms. The maximum Gasteiger partial charge on any atom is 0.0459 e. The van der Waals surface area contributed by atoms with Crippen molar-refractivity contribution in [3.8, 4) is 0 Å². The van der Waals surface area contributed by atoms with Gasteiger partial charge in [-0.3, -0.25) is 0 Å². The summed E-state index contributed by atoms with van der Waals surface area (Å²) < 4.78 is 0. The van der Waals surface area contributed by atoms with Crippen LogP contribution in [-0.4, -0.2) is 19.1 Å². The Morgan fingerprint density at radius 3 is 2.40 bits per heavy atom. The zero-order valence-electron chi connectivity index (χ0n) is 12.6. The van der Waals surface area contributed by atoms with Crippen LogP contribution in [0.15, 0.2) is 18.2 Å². The number of rotatable bonds is 4. The summed E-state index contributed by atoms with van der Waals surface area (Å²) in [5, 5.41) is 0.869. The fourth-order valence-corrected chi connectivity index (χ4v) is 3.08. The highest BCUT2D eigenvalue weighted by Gasteiger charge is 2.12. The van der Waals surface area contributed by atoms with E-state index in [2.05, 4.69) is 30.0 Å². The molecule has 2 rings (SSSR count). The van der Waals surface area contributed by atoms with Crippen molar-refractivity contribution in [3.05, 3.63) is 28.8 Å². The maximum absolute atomic E-state index is 6.44. The number of anilines is 1. The molecule has 2 nitrogen and oxygen atoms in total. The summed E-state index contributed by atoms with van der Waals surface area (Å²) in [5.41, 5.74) is 8.47. The lowest BCUT2D eigenvalue weighted by atomic mass is 10.0. The predicted molar refractivity (Wildman–Crippen MR) is 88.7 cm³/mol. The molecular weight excluding hydrogens is 268 g/mol. The van der Waals surface area contributed by atoms with Gasteiger partial charge in [-0.2, -0.15) is 0 Å². The van der Waals surface area contributed by atoms with Crippen molar-refractivity contribution < 1.29 is 0 Å². The SMILES string of the molecule is CCC(N)Cc1ccc(N2CCCCCCC2)cc1Cl. The third-order valence-corrected chi connectivity index (χ3v) is 4.62. The second kappa shape index (κ2) is 7.90. The molecule has 1 heterocycles. The fourth-order valence-electron chi connectivity index (χ4n) is 2.83. The van der Waals surface area contributed by atoms with Gasteiger partial charge >= 0.3 is 0 Å². The lowest BCUT2D eigenvalue weighted by Gasteiger charge is -2.27. The van der Waals surface area contributed by atoms with Crippen LogP contribution in [0.3, 0.4) is 0 Å². The molecule has 1 aliphatic rings. The van der Waals surface area contributed by atoms with Crippen molar-refractivity contribution >= 4 is 17.3 Å². The molecule has 0 bridgehead atoms. The molecule has 0 aliphatic carbocycles. The van der Waals surface area contributed by atoms with Gasteiger partial charge in [0.1, 0.15) is 0 Å². The van der Waals surface area contributed by atoms with Crippen LogP contribution in [0.5, 0.6) is 0 Å². The number of hydrogen-bond acceptors (Lipinski definition) is 2. The number of hydrogen-bond donors (Lipinski definition) is 1. The highest BCUT2D eigenvalue weighted by molar-refractivity contribution is 6.31. The third kappa shape index (κ3) is 4.39. The molecule has 20 heavy (non-hydrogen) atoms. The summed E-state index contributed by atoms with van der Waals surface area (Å²) in [6, 6.07) is 6.71. The smallest absolute Gasteiger partial charge is 0.0459 e. The third-order valence-electron chi connectivity index (χ3n) is 4.26. The van der Waals surface area contributed by atoms with Crippen LogP contribution >= 0.6 is 11.6 Å². The minimum Gasteiger partial charge on any atom is -0.371 e. The zero-order valence-corrected chi connectivity index (χ0v) is 13.3. The summed E-state index contributed by atoms with van der Waals surface area (Å²) in [5.74, 6) is 0. The first-order chi connectivity index (χ1) is 9.70. The predicted octanol–water partition coefficient (Wildman–Crippen LogP) is 4.39. The Morgan fingerprint density at radius 1 is 1.15 bits per heavy atom. The average molecular weight is 295 g/mol. The number of nitrogens with zero attached hydrogens (tertiary/aromatic N) is 1. The van der Waals surface area contributed by atoms with E-state index in [4.69, 9.17) is 17.3 Å². The second-order valence-corrected chi connectivity index (χ2v) is 6.31. The largest absolute Gasteiger partial charge is 0.371 e. The van der Waals surface area contributed by atoms with Crippen molar-refractivity contribution in [2.45, 2.75) is 57.9 Å². The Bertz CT molecular complexity index is 411. The summed E-state index contributed by atoms with van der Waals surface area (Å²) in [7, 11) is 0. The van der Waals surface area contributed by atoms with Gasteiger partial charge in [-0.25, -0.2) is 0 Å². The molecule has 1 unspecified atom stereocenters. The van der Waals surface area contributed by atoms with Crippen LogP contribution in [-0.2, 0) is 6.42 Å². The molecule has 2 N–H and O–H groups in total. The monoisotopic (exact) mass is 294 g/mol. The van der Waals surface area contributed by atoms with Gasteiger partial charge in [0.2, 0.25) is 0 Å². The summed E-state index contributed by atoms with van der Waals surface area (Å²) in [4.78, 5) is 2.48. The van der Waals surface area contributed by atoms with Crippen LogP contribution < -0.4 is 10.6 Å². The molecule has 1 fully saturated rings. The molecule has 112 valence electrons. The Kier molecular flexibility index (Phi) is 6.18. The normalized spacial score (nSPS) is 18.4. The first kappa shape index (κ1) is 15.7. The van der Waals surface area contributed by atoms with E-state index in [0.29, 0.717) is 0 Å². The van der Waals surface area contributed by atoms with Crippen molar-refractivity contribution in [2.24, 2.45) is 5.73 Å². The van der Waals surface area contributed by atoms with Gasteiger partial charge in [0.05, 0.1) is 0 Å². The molecule has 1 saturated heterocycles. The molecule has 1 atom stereocenters. The van der Waals surface area contributed by atoms with E-state index in [9.17, 15) is 0 Å². The van der Waals surface area contributed by atoms with Gasteiger partial charge in [0.15, 0.2) is 0 Å². The van der Waals surface area contributed by atoms with Crippen LogP contribution in [0.4, 0.5) is 5.69 Å². The zero-order chi connectivity index (χ0) is 14.4. The van der Waals surface area contributed by atoms with Gasteiger partial charge in [-0.05, 0) is 43.4 Å². The van der Waals surface area contributed by atoms with Gasteiger partial charge in [0.25, 0.3) is 0 Å². The molecule has 1 aliphatic heterocycles. The van der Waals surface area contributed by atoms with E-state index >= 15 is 0 Å². The molecule has 0 radical (unpaired) electrons. The van der Waals surface area contributed by atoms with E-state index in [1.54, 1.807) is 0 Å². The second-order valence-electron chi connectivity index (χ2n) is 5.90. The van der Waals surface area contributed by atoms with Crippen LogP contribution in [0.25, 0.3) is 0 Å². The lowest BCUT2D eigenvalue weighted by Crippen LogP contribution is -2.27. The van der Waals surface area contributed by atoms with Crippen molar-refractivity contribution in [1.29, 1.82) is 0 Å². The van der Waals surface area contributed by atoms with Gasteiger partial charge in [0, 0.05) is 29.8 Å². The van der Waals surface area contributed by atoms with Gasteiger partial charge in [-0.15, -0.1) is 0 Å². The summed E-state index contributed by atoms with van der Waals surface area (Å²) in [6.45, 7) is 4.43. The van der Waals surface area contributed by atoms with E-state index in [1.165, 1.54) is 43.4 Å². The van der Waals surface area contributed by atoms with Gasteiger partial charge < -0.3 is 10.6 Å². The minimum absolute atomic E-state index is 0.208. The van der Waals surface area contributed by atoms with Crippen LogP contribution in [0.1, 0.15) is 51.0 Å². The molecule has 1 aromatic carbocycles. The number of benzene rings is 1. The first-order valence-electron chi connectivity index (χ1n) is 7.99. The Hall–Kier alpha value is -0.730. The number of halogens is 1. The first-order valence-corrected chi connectivity index (χ1v) is 8.37. The summed E-state index contributed by atoms with van der Waals surface area (Å²) in [6.07, 6.45) is 8.55. The average Bonchev–Trinajstić information content (AvgIpc) is 2.40. The number of nitrogens with two attached hydrogens (primary N) is 1. The van der Waals surface area contributed by atoms with Gasteiger partial charge in [-0.1, -0.05) is 43.9 Å². The standard InChI is InChI=1S/C17H27ClN2/c1-2-15(19)12-14-8-9-16(13-17(14)18)20-10-6-4-3-5-7-11-20/h8-9,13,15H,2-7,10-12,19H2,1H3. The summed E-state index contributed by atoms with van der Waals surface area (Å²) >= 11 is 6.44. The Balaban J connectivity index is 2.06. The maximum atomic E-state index is 6.44. The topological polar surface area (TPSA) is 29.3 Å². The van der Waals surface area contributed by atoms with Crippen LogP contribution in [0, 0.1) is 0 Å². The fraction of sp³-hybridized carbons (Fsp3) is 0.647. The minimum atomic E-state index is 0.208. The van der Waals surface area contributed by atoms with Crippen molar-refractivity contribution in [3.63, 3.8) is 0 Å². The lowest BCUT2D eigenvalue weighted by molar-refractivity contribution is 0.556. The van der Waals surface area contributed by atoms with Crippen LogP contribution in [0.2, 0.25) is 5.02 Å².